The highest BCUT2D eigenvalue weighted by Gasteiger charge is 2.46. The lowest BCUT2D eigenvalue weighted by atomic mass is 10.1. The molecule has 6 N–H and O–H groups in total. The van der Waals surface area contributed by atoms with Crippen LogP contribution in [0.4, 0.5) is 0 Å². The van der Waals surface area contributed by atoms with Crippen molar-refractivity contribution in [1.29, 1.82) is 0 Å². The number of nitrogens with zero attached hydrogens (tertiary/aromatic N) is 4. The molecule has 20 nitrogen and oxygen atoms in total. The Kier molecular flexibility index (Phi) is 9.73. The molecule has 3 rings (SSSR count). The van der Waals surface area contributed by atoms with Crippen LogP contribution in [0.1, 0.15) is 20.1 Å². The van der Waals surface area contributed by atoms with Gasteiger partial charge in [0, 0.05) is 13.8 Å². The fourth-order valence-corrected chi connectivity index (χ4v) is 5.38. The molecular formula is C17H24N4O16P2. The van der Waals surface area contributed by atoms with Gasteiger partial charge in [-0.05, 0) is 0 Å². The van der Waals surface area contributed by atoms with E-state index in [9.17, 15) is 48.9 Å². The van der Waals surface area contributed by atoms with Crippen molar-refractivity contribution in [2.75, 3.05) is 13.2 Å². The van der Waals surface area contributed by atoms with E-state index in [1.165, 1.54) is 0 Å². The molecule has 218 valence electrons. The predicted octanol–water partition coefficient (Wildman–Crippen LogP) is -1.79. The molecule has 0 bridgehead atoms. The molecule has 1 aliphatic rings. The van der Waals surface area contributed by atoms with E-state index in [0.717, 1.165) is 31.1 Å². The maximum Gasteiger partial charge on any atom is 0.483 e. The summed E-state index contributed by atoms with van der Waals surface area (Å²) in [5.41, 5.74) is -0.0189. The smallest absolute Gasteiger partial charge is 0.483 e. The number of esters is 2. The number of ether oxygens (including phenoxy) is 3. The molecule has 22 heteroatoms. The highest BCUT2D eigenvalue weighted by molar-refractivity contribution is 7.61. The third-order valence-electron chi connectivity index (χ3n) is 4.89. The molecule has 0 aromatic carbocycles. The van der Waals surface area contributed by atoms with Gasteiger partial charge in [0.15, 0.2) is 23.5 Å². The molecule has 1 saturated heterocycles. The van der Waals surface area contributed by atoms with Crippen LogP contribution in [0.3, 0.4) is 0 Å². The van der Waals surface area contributed by atoms with Crippen LogP contribution in [-0.4, -0.2) is 106 Å². The highest BCUT2D eigenvalue weighted by atomic mass is 31.3. The van der Waals surface area contributed by atoms with Crippen LogP contribution in [0.2, 0.25) is 0 Å². The summed E-state index contributed by atoms with van der Waals surface area (Å²) in [6, 6.07) is 0. The normalized spacial score (nSPS) is 25.9. The SMILES string of the molecule is CC(=O)OC[C@@H](OC(C)=O)C(O)OP(=O)(O)OP(=O)(O)OCC1OC(n2cnc3c(O)ncnc32)C(O)C1O. The van der Waals surface area contributed by atoms with E-state index >= 15 is 0 Å². The molecule has 1 aliphatic heterocycles. The molecule has 1 fully saturated rings. The van der Waals surface area contributed by atoms with E-state index in [4.69, 9.17) is 4.74 Å². The summed E-state index contributed by atoms with van der Waals surface area (Å²) in [5, 5.41) is 40.4. The van der Waals surface area contributed by atoms with Crippen molar-refractivity contribution < 1.29 is 76.5 Å². The average Bonchev–Trinajstić information content (AvgIpc) is 3.36. The minimum absolute atomic E-state index is 0.0224. The van der Waals surface area contributed by atoms with Gasteiger partial charge in [0.05, 0.1) is 12.9 Å². The summed E-state index contributed by atoms with van der Waals surface area (Å²) >= 11 is 0. The molecule has 0 radical (unpaired) electrons. The fourth-order valence-electron chi connectivity index (χ4n) is 3.25. The van der Waals surface area contributed by atoms with Gasteiger partial charge in [0.1, 0.15) is 31.2 Å². The lowest BCUT2D eigenvalue weighted by molar-refractivity contribution is -0.182. The number of aromatic nitrogens is 4. The molecule has 2 aromatic rings. The Labute approximate surface area is 217 Å². The first-order chi connectivity index (χ1) is 18.1. The zero-order chi connectivity index (χ0) is 29.1. The van der Waals surface area contributed by atoms with Crippen molar-refractivity contribution in [3.05, 3.63) is 12.7 Å². The Morgan fingerprint density at radius 1 is 1.10 bits per heavy atom. The first-order valence-electron chi connectivity index (χ1n) is 10.7. The largest absolute Gasteiger partial charge is 0.492 e. The number of carbonyl (C=O) groups is 2. The number of fused-ring (bicyclic) bond motifs is 1. The summed E-state index contributed by atoms with van der Waals surface area (Å²) in [5.74, 6) is -2.31. The number of imidazole rings is 1. The van der Waals surface area contributed by atoms with Crippen LogP contribution in [0.15, 0.2) is 12.7 Å². The summed E-state index contributed by atoms with van der Waals surface area (Å²) in [7, 11) is -11.1. The van der Waals surface area contributed by atoms with Crippen LogP contribution in [0, 0.1) is 0 Å². The van der Waals surface area contributed by atoms with E-state index in [0.29, 0.717) is 0 Å². The molecule has 0 spiro atoms. The minimum Gasteiger partial charge on any atom is -0.492 e. The van der Waals surface area contributed by atoms with Gasteiger partial charge in [-0.2, -0.15) is 9.29 Å². The number of rotatable bonds is 12. The van der Waals surface area contributed by atoms with Crippen LogP contribution >= 0.6 is 15.6 Å². The molecule has 8 atom stereocenters. The monoisotopic (exact) mass is 602 g/mol. The fraction of sp³-hybridized carbons (Fsp3) is 0.588. The third kappa shape index (κ3) is 7.96. The lowest BCUT2D eigenvalue weighted by Gasteiger charge is -2.24. The lowest BCUT2D eigenvalue weighted by Crippen LogP contribution is -2.37. The maximum absolute atomic E-state index is 12.2. The number of phosphoric ester groups is 2. The zero-order valence-electron chi connectivity index (χ0n) is 20.0. The Balaban J connectivity index is 1.61. The summed E-state index contributed by atoms with van der Waals surface area (Å²) in [4.78, 5) is 53.1. The molecule has 7 unspecified atom stereocenters. The molecule has 3 heterocycles. The maximum atomic E-state index is 12.2. The quantitative estimate of drug-likeness (QED) is 0.0888. The molecule has 0 amide bonds. The Hall–Kier alpha value is -2.61. The molecular weight excluding hydrogens is 578 g/mol. The van der Waals surface area contributed by atoms with Crippen molar-refractivity contribution in [1.82, 2.24) is 19.5 Å². The Morgan fingerprint density at radius 3 is 2.44 bits per heavy atom. The number of aliphatic hydroxyl groups is 3. The minimum atomic E-state index is -5.61. The number of hydrogen-bond acceptors (Lipinski definition) is 17. The van der Waals surface area contributed by atoms with Gasteiger partial charge in [-0.25, -0.2) is 19.1 Å². The van der Waals surface area contributed by atoms with E-state index in [1.807, 2.05) is 0 Å². The zero-order valence-corrected chi connectivity index (χ0v) is 21.8. The van der Waals surface area contributed by atoms with Gasteiger partial charge < -0.3 is 44.4 Å². The molecule has 0 aliphatic carbocycles. The van der Waals surface area contributed by atoms with Crippen molar-refractivity contribution in [2.24, 2.45) is 0 Å². The van der Waals surface area contributed by atoms with E-state index < -0.39 is 83.6 Å². The molecule has 39 heavy (non-hydrogen) atoms. The first kappa shape index (κ1) is 30.9. The van der Waals surface area contributed by atoms with E-state index in [-0.39, 0.29) is 11.2 Å². The van der Waals surface area contributed by atoms with Crippen molar-refractivity contribution in [2.45, 2.75) is 50.8 Å². The van der Waals surface area contributed by atoms with Crippen molar-refractivity contribution in [3.63, 3.8) is 0 Å². The molecule has 2 aromatic heterocycles. The van der Waals surface area contributed by atoms with Crippen LogP contribution in [0.5, 0.6) is 5.88 Å². The summed E-state index contributed by atoms with van der Waals surface area (Å²) in [6.07, 6.45) is -8.37. The van der Waals surface area contributed by atoms with Gasteiger partial charge in [-0.3, -0.25) is 23.2 Å². The molecule has 0 saturated carbocycles. The van der Waals surface area contributed by atoms with Crippen LogP contribution < -0.4 is 0 Å². The second kappa shape index (κ2) is 12.3. The highest BCUT2D eigenvalue weighted by Crippen LogP contribution is 2.61. The van der Waals surface area contributed by atoms with Crippen molar-refractivity contribution >= 4 is 38.7 Å². The number of aliphatic hydroxyl groups excluding tert-OH is 3. The number of phosphoric acid groups is 2. The van der Waals surface area contributed by atoms with Gasteiger partial charge in [0.2, 0.25) is 12.2 Å². The standard InChI is InChI=1S/C17H24N4O16P2/c1-7(22)32-3-10(34-8(2)23)17(27)36-39(30,31)37-38(28,29)33-4-9-12(24)13(25)16(35-9)21-6-20-11-14(21)18-5-19-15(11)26/h5-6,9-10,12-13,16-17,24-25,27H,3-4H2,1-2H3,(H,28,29)(H,30,31)(H,18,19,26)/t9?,10-,12?,13?,16?,17?/m1/s1. The average molecular weight is 602 g/mol. The first-order valence-corrected chi connectivity index (χ1v) is 13.7. The predicted molar refractivity (Wildman–Crippen MR) is 119 cm³/mol. The number of hydrogen-bond donors (Lipinski definition) is 6. The topological polar surface area (TPSA) is 289 Å². The van der Waals surface area contributed by atoms with Gasteiger partial charge in [-0.15, -0.1) is 0 Å². The van der Waals surface area contributed by atoms with Crippen LogP contribution in [-0.2, 0) is 46.3 Å². The van der Waals surface area contributed by atoms with E-state index in [1.54, 1.807) is 0 Å². The second-order valence-corrected chi connectivity index (χ2v) is 10.8. The van der Waals surface area contributed by atoms with Crippen molar-refractivity contribution in [3.8, 4) is 5.88 Å². The Bertz CT molecular complexity index is 1290. The number of carbonyl (C=O) groups excluding carboxylic acids is 2. The third-order valence-corrected chi connectivity index (χ3v) is 7.50. The van der Waals surface area contributed by atoms with Crippen LogP contribution in [0.25, 0.3) is 11.2 Å². The van der Waals surface area contributed by atoms with E-state index in [2.05, 4.69) is 37.8 Å². The summed E-state index contributed by atoms with van der Waals surface area (Å²) in [6.45, 7) is 0.120. The summed E-state index contributed by atoms with van der Waals surface area (Å²) < 4.78 is 53.1. The number of aromatic hydroxyl groups is 1. The Morgan fingerprint density at radius 2 is 1.79 bits per heavy atom. The van der Waals surface area contributed by atoms with Gasteiger partial charge in [0.25, 0.3) is 0 Å². The second-order valence-electron chi connectivity index (χ2n) is 7.83. The van der Waals surface area contributed by atoms with Gasteiger partial charge >= 0.3 is 27.6 Å². The van der Waals surface area contributed by atoms with Gasteiger partial charge in [-0.1, -0.05) is 0 Å².